The predicted octanol–water partition coefficient (Wildman–Crippen LogP) is 4.69. The highest BCUT2D eigenvalue weighted by Gasteiger charge is 2.20. The fraction of sp³-hybridized carbons (Fsp3) is 0.182. The van der Waals surface area contributed by atoms with Gasteiger partial charge in [0, 0.05) is 13.0 Å². The number of fused-ring (bicyclic) bond motifs is 3. The first-order valence-electron chi connectivity index (χ1n) is 8.41. The van der Waals surface area contributed by atoms with Gasteiger partial charge in [0.2, 0.25) is 0 Å². The Kier molecular flexibility index (Phi) is 4.06. The van der Waals surface area contributed by atoms with E-state index < -0.39 is 0 Å². The first kappa shape index (κ1) is 15.0. The van der Waals surface area contributed by atoms with E-state index in [9.17, 15) is 0 Å². The first-order valence-corrected chi connectivity index (χ1v) is 8.41. The summed E-state index contributed by atoms with van der Waals surface area (Å²) < 4.78 is 5.62. The zero-order valence-electron chi connectivity index (χ0n) is 13.5. The molecule has 0 spiro atoms. The maximum Gasteiger partial charge on any atom is 0.119 e. The third-order valence-electron chi connectivity index (χ3n) is 4.59. The molecule has 4 rings (SSSR count). The average molecular weight is 316 g/mol. The molecular formula is C22H20O2. The summed E-state index contributed by atoms with van der Waals surface area (Å²) >= 11 is 0. The van der Waals surface area contributed by atoms with Crippen LogP contribution >= 0.6 is 0 Å². The topological polar surface area (TPSA) is 29.5 Å². The minimum absolute atomic E-state index is 0.162. The van der Waals surface area contributed by atoms with Gasteiger partial charge in [-0.3, -0.25) is 0 Å². The van der Waals surface area contributed by atoms with E-state index in [0.717, 1.165) is 12.2 Å². The lowest BCUT2D eigenvalue weighted by Gasteiger charge is -2.10. The molecule has 24 heavy (non-hydrogen) atoms. The zero-order chi connectivity index (χ0) is 16.4. The molecule has 0 amide bonds. The maximum absolute atomic E-state index is 8.82. The summed E-state index contributed by atoms with van der Waals surface area (Å²) in [6.45, 7) is 0.709. The Labute approximate surface area is 142 Å². The summed E-state index contributed by atoms with van der Waals surface area (Å²) in [4.78, 5) is 0. The van der Waals surface area contributed by atoms with Crippen molar-refractivity contribution in [2.75, 3.05) is 13.2 Å². The smallest absolute Gasteiger partial charge is 0.119 e. The van der Waals surface area contributed by atoms with Crippen molar-refractivity contribution in [2.24, 2.45) is 0 Å². The van der Waals surface area contributed by atoms with Gasteiger partial charge in [-0.1, -0.05) is 54.6 Å². The molecule has 0 atom stereocenters. The van der Waals surface area contributed by atoms with E-state index in [4.69, 9.17) is 9.84 Å². The summed E-state index contributed by atoms with van der Waals surface area (Å²) in [6, 6.07) is 23.5. The highest BCUT2D eigenvalue weighted by molar-refractivity contribution is 5.84. The molecule has 3 aromatic carbocycles. The Morgan fingerprint density at radius 1 is 0.792 bits per heavy atom. The Morgan fingerprint density at radius 2 is 1.54 bits per heavy atom. The number of hydrogen-bond donors (Lipinski definition) is 1. The van der Waals surface area contributed by atoms with Crippen LogP contribution in [0.2, 0.25) is 0 Å². The summed E-state index contributed by atoms with van der Waals surface area (Å²) in [7, 11) is 0. The van der Waals surface area contributed by atoms with Gasteiger partial charge in [-0.25, -0.2) is 0 Å². The van der Waals surface area contributed by atoms with Gasteiger partial charge in [0.15, 0.2) is 0 Å². The molecule has 2 heteroatoms. The molecular weight excluding hydrogens is 296 g/mol. The third-order valence-corrected chi connectivity index (χ3v) is 4.59. The lowest BCUT2D eigenvalue weighted by Crippen LogP contribution is -1.99. The van der Waals surface area contributed by atoms with E-state index in [1.54, 1.807) is 0 Å². The van der Waals surface area contributed by atoms with Crippen LogP contribution in [-0.4, -0.2) is 18.3 Å². The minimum atomic E-state index is 0.162. The van der Waals surface area contributed by atoms with Gasteiger partial charge < -0.3 is 9.84 Å². The zero-order valence-corrected chi connectivity index (χ0v) is 13.5. The van der Waals surface area contributed by atoms with Crippen LogP contribution in [0.4, 0.5) is 0 Å². The van der Waals surface area contributed by atoms with E-state index in [1.807, 2.05) is 12.1 Å². The van der Waals surface area contributed by atoms with Crippen LogP contribution in [0.1, 0.15) is 17.5 Å². The van der Waals surface area contributed by atoms with E-state index in [2.05, 4.69) is 54.6 Å². The number of hydrogen-bond acceptors (Lipinski definition) is 2. The van der Waals surface area contributed by atoms with Gasteiger partial charge >= 0.3 is 0 Å². The van der Waals surface area contributed by atoms with Crippen molar-refractivity contribution in [1.29, 1.82) is 0 Å². The van der Waals surface area contributed by atoms with Crippen molar-refractivity contribution in [3.8, 4) is 28.0 Å². The predicted molar refractivity (Wildman–Crippen MR) is 97.3 cm³/mol. The second kappa shape index (κ2) is 6.50. The molecule has 0 saturated heterocycles. The monoisotopic (exact) mass is 316 g/mol. The lowest BCUT2D eigenvalue weighted by molar-refractivity contribution is 0.233. The van der Waals surface area contributed by atoms with Crippen molar-refractivity contribution in [2.45, 2.75) is 12.8 Å². The Morgan fingerprint density at radius 3 is 2.38 bits per heavy atom. The Balaban J connectivity index is 1.64. The summed E-state index contributed by atoms with van der Waals surface area (Å²) in [5, 5.41) is 8.82. The molecule has 0 unspecified atom stereocenters. The van der Waals surface area contributed by atoms with Crippen LogP contribution in [0.25, 0.3) is 22.3 Å². The van der Waals surface area contributed by atoms with Gasteiger partial charge in [0.25, 0.3) is 0 Å². The van der Waals surface area contributed by atoms with Crippen LogP contribution in [0.15, 0.2) is 66.7 Å². The molecule has 0 aliphatic heterocycles. The number of aliphatic hydroxyl groups is 1. The van der Waals surface area contributed by atoms with Crippen molar-refractivity contribution in [3.63, 3.8) is 0 Å². The third kappa shape index (κ3) is 2.70. The number of benzene rings is 3. The first-order chi connectivity index (χ1) is 11.9. The van der Waals surface area contributed by atoms with Crippen LogP contribution in [0.3, 0.4) is 0 Å². The average Bonchev–Trinajstić information content (AvgIpc) is 3.01. The molecule has 1 N–H and O–H groups in total. The lowest BCUT2D eigenvalue weighted by atomic mass is 9.96. The van der Waals surface area contributed by atoms with E-state index in [-0.39, 0.29) is 6.61 Å². The van der Waals surface area contributed by atoms with Crippen molar-refractivity contribution in [1.82, 2.24) is 0 Å². The Bertz CT molecular complexity index is 850. The molecule has 3 aromatic rings. The summed E-state index contributed by atoms with van der Waals surface area (Å²) in [5.41, 5.74) is 8.04. The number of ether oxygens (including phenoxy) is 1. The second-order valence-electron chi connectivity index (χ2n) is 6.12. The quantitative estimate of drug-likeness (QED) is 0.541. The molecule has 2 nitrogen and oxygen atoms in total. The molecule has 1 aliphatic carbocycles. The molecule has 0 radical (unpaired) electrons. The highest BCUT2D eigenvalue weighted by atomic mass is 16.5. The van der Waals surface area contributed by atoms with Gasteiger partial charge in [-0.15, -0.1) is 0 Å². The summed E-state index contributed by atoms with van der Waals surface area (Å²) in [5.74, 6) is 0.850. The van der Waals surface area contributed by atoms with Crippen molar-refractivity contribution in [3.05, 3.63) is 77.9 Å². The van der Waals surface area contributed by atoms with E-state index in [0.29, 0.717) is 13.0 Å². The second-order valence-corrected chi connectivity index (χ2v) is 6.12. The maximum atomic E-state index is 8.82. The Hall–Kier alpha value is -2.58. The molecule has 0 saturated carbocycles. The van der Waals surface area contributed by atoms with Crippen molar-refractivity contribution >= 4 is 0 Å². The molecule has 1 aliphatic rings. The van der Waals surface area contributed by atoms with Gasteiger partial charge in [-0.05, 0) is 51.9 Å². The van der Waals surface area contributed by atoms with Crippen LogP contribution < -0.4 is 4.74 Å². The molecule has 0 bridgehead atoms. The fourth-order valence-corrected chi connectivity index (χ4v) is 3.41. The van der Waals surface area contributed by atoms with Crippen LogP contribution in [0, 0.1) is 0 Å². The van der Waals surface area contributed by atoms with E-state index >= 15 is 0 Å². The normalized spacial score (nSPS) is 11.9. The summed E-state index contributed by atoms with van der Waals surface area (Å²) in [6.07, 6.45) is 1.66. The molecule has 0 fully saturated rings. The SMILES string of the molecule is OCCCOc1ccc(-c2cccc3c2Cc2ccccc2-3)cc1. The molecule has 0 heterocycles. The van der Waals surface area contributed by atoms with E-state index in [1.165, 1.54) is 33.4 Å². The highest BCUT2D eigenvalue weighted by Crippen LogP contribution is 2.41. The molecule has 120 valence electrons. The standard InChI is InChI=1S/C22H20O2/c23-13-4-14-24-18-11-9-16(10-12-18)19-7-3-8-21-20-6-2-1-5-17(20)15-22(19)21/h1-3,5-12,23H,4,13-15H2. The van der Waals surface area contributed by atoms with Crippen LogP contribution in [0.5, 0.6) is 5.75 Å². The fourth-order valence-electron chi connectivity index (χ4n) is 3.41. The van der Waals surface area contributed by atoms with Crippen molar-refractivity contribution < 1.29 is 9.84 Å². The molecule has 0 aromatic heterocycles. The van der Waals surface area contributed by atoms with Gasteiger partial charge in [-0.2, -0.15) is 0 Å². The van der Waals surface area contributed by atoms with Gasteiger partial charge in [0.1, 0.15) is 5.75 Å². The minimum Gasteiger partial charge on any atom is -0.494 e. The number of rotatable bonds is 5. The number of aliphatic hydroxyl groups excluding tert-OH is 1. The largest absolute Gasteiger partial charge is 0.494 e. The van der Waals surface area contributed by atoms with Gasteiger partial charge in [0.05, 0.1) is 6.61 Å². The van der Waals surface area contributed by atoms with Crippen LogP contribution in [-0.2, 0) is 6.42 Å².